The Hall–Kier alpha value is -3.28. The van der Waals surface area contributed by atoms with E-state index in [1.54, 1.807) is 23.5 Å². The number of amides is 1. The Labute approximate surface area is 250 Å². The molecule has 9 nitrogen and oxygen atoms in total. The van der Waals surface area contributed by atoms with Crippen molar-refractivity contribution >= 4 is 28.1 Å². The number of anilines is 2. The monoisotopic (exact) mass is 596 g/mol. The van der Waals surface area contributed by atoms with Crippen molar-refractivity contribution < 1.29 is 23.7 Å². The van der Waals surface area contributed by atoms with Crippen LogP contribution in [0.3, 0.4) is 0 Å². The van der Waals surface area contributed by atoms with Gasteiger partial charge in [0, 0.05) is 36.9 Å². The van der Waals surface area contributed by atoms with E-state index in [4.69, 9.17) is 4.74 Å². The zero-order valence-corrected chi connectivity index (χ0v) is 25.4. The van der Waals surface area contributed by atoms with Crippen molar-refractivity contribution in [1.82, 2.24) is 10.6 Å². The normalized spacial score (nSPS) is 16.9. The molecule has 1 aliphatic heterocycles. The van der Waals surface area contributed by atoms with Gasteiger partial charge in [-0.25, -0.2) is 0 Å². The molecule has 1 aliphatic rings. The van der Waals surface area contributed by atoms with Crippen LogP contribution >= 0.6 is 10.8 Å². The first-order valence-corrected chi connectivity index (χ1v) is 16.1. The number of methoxy groups -OCH3 is 1. The number of ether oxygens (including phenoxy) is 1. The van der Waals surface area contributed by atoms with Gasteiger partial charge in [-0.15, -0.1) is 10.8 Å². The molecule has 3 aromatic carbocycles. The number of hydrogen-bond donors (Lipinski definition) is 6. The van der Waals surface area contributed by atoms with E-state index >= 15 is 0 Å². The van der Waals surface area contributed by atoms with Gasteiger partial charge >= 0.3 is 0 Å². The molecule has 2 unspecified atom stereocenters. The maximum absolute atomic E-state index is 13.7. The molecule has 2 atom stereocenters. The second-order valence-electron chi connectivity index (χ2n) is 11.0. The fraction of sp³-hybridized carbons (Fsp3) is 0.406. The van der Waals surface area contributed by atoms with Crippen LogP contribution in [0.15, 0.2) is 72.8 Å². The number of benzene rings is 3. The summed E-state index contributed by atoms with van der Waals surface area (Å²) in [6, 6.07) is 22.3. The lowest BCUT2D eigenvalue weighted by atomic mass is 10.00. The van der Waals surface area contributed by atoms with Crippen molar-refractivity contribution in [2.24, 2.45) is 0 Å². The van der Waals surface area contributed by atoms with Crippen molar-refractivity contribution in [2.75, 3.05) is 35.6 Å². The number of rotatable bonds is 13. The van der Waals surface area contributed by atoms with E-state index < -0.39 is 22.9 Å². The summed E-state index contributed by atoms with van der Waals surface area (Å²) < 4.78 is 28.5. The minimum Gasteiger partial charge on any atom is -0.497 e. The first-order chi connectivity index (χ1) is 20.1. The number of aliphatic hydroxyl groups is 1. The minimum atomic E-state index is -2.96. The molecular weight excluding hydrogens is 552 g/mol. The highest BCUT2D eigenvalue weighted by Gasteiger charge is 2.29. The number of carbonyl (C=O) groups is 1. The molecule has 0 saturated carbocycles. The average Bonchev–Trinajstić information content (AvgIpc) is 2.96. The number of nitrogens with one attached hydrogen (secondary N) is 3. The molecule has 228 valence electrons. The third kappa shape index (κ3) is 8.86. The largest absolute Gasteiger partial charge is 0.497 e. The van der Waals surface area contributed by atoms with Crippen LogP contribution in [0.1, 0.15) is 48.2 Å². The quantitative estimate of drug-likeness (QED) is 0.158. The predicted octanol–water partition coefficient (Wildman–Crippen LogP) is 5.27. The van der Waals surface area contributed by atoms with E-state index in [2.05, 4.69) is 16.0 Å². The van der Waals surface area contributed by atoms with E-state index in [9.17, 15) is 19.0 Å². The molecule has 0 bridgehead atoms. The van der Waals surface area contributed by atoms with Gasteiger partial charge in [-0.1, -0.05) is 42.5 Å². The second-order valence-corrected chi connectivity index (χ2v) is 13.1. The highest BCUT2D eigenvalue weighted by Crippen LogP contribution is 2.50. The first kappa shape index (κ1) is 31.7. The summed E-state index contributed by atoms with van der Waals surface area (Å²) in [6.07, 6.45) is 1.16. The maximum atomic E-state index is 13.7. The highest BCUT2D eigenvalue weighted by atomic mass is 32.3. The van der Waals surface area contributed by atoms with Crippen molar-refractivity contribution in [3.63, 3.8) is 0 Å². The Morgan fingerprint density at radius 1 is 1.00 bits per heavy atom. The zero-order valence-electron chi connectivity index (χ0n) is 24.6. The van der Waals surface area contributed by atoms with Gasteiger partial charge in [0.2, 0.25) is 0 Å². The molecule has 42 heavy (non-hydrogen) atoms. The third-order valence-corrected chi connectivity index (χ3v) is 9.14. The number of aliphatic hydroxyl groups excluding tert-OH is 1. The Morgan fingerprint density at radius 2 is 1.76 bits per heavy atom. The third-order valence-electron chi connectivity index (χ3n) is 7.20. The topological polar surface area (TPSA) is 126 Å². The lowest BCUT2D eigenvalue weighted by Crippen LogP contribution is -2.48. The number of carbonyl (C=O) groups excluding carboxylic acids is 1. The molecule has 4 rings (SSSR count). The lowest BCUT2D eigenvalue weighted by Gasteiger charge is -2.47. The van der Waals surface area contributed by atoms with E-state index in [1.165, 1.54) is 0 Å². The van der Waals surface area contributed by atoms with Gasteiger partial charge < -0.3 is 25.8 Å². The highest BCUT2D eigenvalue weighted by molar-refractivity contribution is 8.25. The van der Waals surface area contributed by atoms with Crippen LogP contribution in [0, 0.1) is 0 Å². The van der Waals surface area contributed by atoms with E-state index in [-0.39, 0.29) is 18.5 Å². The summed E-state index contributed by atoms with van der Waals surface area (Å²) in [7, 11) is -1.33. The maximum Gasteiger partial charge on any atom is 0.251 e. The fourth-order valence-corrected chi connectivity index (χ4v) is 6.78. The smallest absolute Gasteiger partial charge is 0.251 e. The van der Waals surface area contributed by atoms with E-state index in [0.717, 1.165) is 29.7 Å². The van der Waals surface area contributed by atoms with Crippen LogP contribution in [0.5, 0.6) is 5.75 Å². The predicted molar refractivity (Wildman–Crippen MR) is 172 cm³/mol. The van der Waals surface area contributed by atoms with Crippen LogP contribution < -0.4 is 25.0 Å². The van der Waals surface area contributed by atoms with Gasteiger partial charge in [-0.3, -0.25) is 18.2 Å². The van der Waals surface area contributed by atoms with Crippen LogP contribution in [0.25, 0.3) is 0 Å². The average molecular weight is 597 g/mol. The summed E-state index contributed by atoms with van der Waals surface area (Å²) in [5, 5.41) is 21.0. The van der Waals surface area contributed by atoms with Crippen molar-refractivity contribution in [3.05, 3.63) is 89.5 Å². The van der Waals surface area contributed by atoms with Crippen LogP contribution in [0.2, 0.25) is 0 Å². The molecular formula is C32H44N4O5S. The molecule has 1 heterocycles. The van der Waals surface area contributed by atoms with Crippen molar-refractivity contribution in [3.8, 4) is 5.75 Å². The summed E-state index contributed by atoms with van der Waals surface area (Å²) in [6.45, 7) is 5.32. The van der Waals surface area contributed by atoms with Crippen LogP contribution in [-0.4, -0.2) is 64.3 Å². The molecule has 0 spiro atoms. The Balaban J connectivity index is 1.54. The van der Waals surface area contributed by atoms with Gasteiger partial charge in [-0.2, -0.15) is 0 Å². The van der Waals surface area contributed by atoms with E-state index in [0.29, 0.717) is 42.2 Å². The molecule has 1 fully saturated rings. The Bertz CT molecular complexity index is 1310. The molecule has 0 aliphatic carbocycles. The molecule has 1 saturated heterocycles. The van der Waals surface area contributed by atoms with Gasteiger partial charge in [0.1, 0.15) is 5.75 Å². The standard InChI is InChI=1S/C32H44N4O5S/c1-23(2)34-27-18-26(19-28(20-27)36-14-7-8-15-42(36,39)40)32(38)35-30(17-24-10-5-4-6-11-24)31(37)22-33-21-25-12-9-13-29(16-25)41-3/h4-6,9-13,16,18-20,23,30-31,33-34,37,39-40H,7-8,14-15,17,21-22H2,1-3H3,(H,35,38). The summed E-state index contributed by atoms with van der Waals surface area (Å²) >= 11 is 0. The van der Waals surface area contributed by atoms with Crippen LogP contribution in [0.4, 0.5) is 11.4 Å². The van der Waals surface area contributed by atoms with Crippen LogP contribution in [-0.2, 0) is 13.0 Å². The van der Waals surface area contributed by atoms with Gasteiger partial charge in [0.05, 0.1) is 30.7 Å². The lowest BCUT2D eigenvalue weighted by molar-refractivity contribution is 0.0830. The number of nitrogens with zero attached hydrogens (tertiary/aromatic N) is 1. The van der Waals surface area contributed by atoms with Gasteiger partial charge in [-0.05, 0) is 74.6 Å². The fourth-order valence-electron chi connectivity index (χ4n) is 5.10. The van der Waals surface area contributed by atoms with E-state index in [1.807, 2.05) is 74.5 Å². The number of hydrogen-bond acceptors (Lipinski definition) is 8. The zero-order chi connectivity index (χ0) is 30.1. The minimum absolute atomic E-state index is 0.112. The first-order valence-electron chi connectivity index (χ1n) is 14.5. The van der Waals surface area contributed by atoms with Gasteiger partial charge in [0.25, 0.3) is 5.91 Å². The summed E-state index contributed by atoms with van der Waals surface area (Å²) in [5.41, 5.74) is 3.70. The van der Waals surface area contributed by atoms with Gasteiger partial charge in [0.15, 0.2) is 0 Å². The molecule has 0 radical (unpaired) electrons. The Morgan fingerprint density at radius 3 is 2.48 bits per heavy atom. The molecule has 6 N–H and O–H groups in total. The second kappa shape index (κ2) is 14.8. The molecule has 10 heteroatoms. The molecule has 0 aromatic heterocycles. The molecule has 3 aromatic rings. The summed E-state index contributed by atoms with van der Waals surface area (Å²) in [5.74, 6) is 0.734. The SMILES string of the molecule is COc1cccc(CNCC(O)C(Cc2ccccc2)NC(=O)c2cc(NC(C)C)cc(N3CCCCS3(O)O)c2)c1. The summed E-state index contributed by atoms with van der Waals surface area (Å²) in [4.78, 5) is 13.7. The van der Waals surface area contributed by atoms with Crippen molar-refractivity contribution in [2.45, 2.75) is 57.8 Å². The molecule has 1 amide bonds. The Kier molecular flexibility index (Phi) is 11.1. The van der Waals surface area contributed by atoms with Crippen molar-refractivity contribution in [1.29, 1.82) is 0 Å².